The average molecular weight is 1440 g/mol. The van der Waals surface area contributed by atoms with Crippen molar-refractivity contribution in [3.63, 3.8) is 0 Å². The van der Waals surface area contributed by atoms with E-state index in [2.05, 4.69) is 145 Å². The highest BCUT2D eigenvalue weighted by molar-refractivity contribution is 5.96. The van der Waals surface area contributed by atoms with Crippen LogP contribution in [0.4, 0.5) is 23.0 Å². The van der Waals surface area contributed by atoms with Crippen LogP contribution in [0.15, 0.2) is 110 Å². The Morgan fingerprint density at radius 3 is 1.27 bits per heavy atom. The van der Waals surface area contributed by atoms with Gasteiger partial charge < -0.3 is 68.8 Å². The first-order valence-electron chi connectivity index (χ1n) is 35.4. The number of nitrogens with one attached hydrogen (secondary N) is 3. The molecule has 104 heavy (non-hydrogen) atoms. The zero-order valence-electron chi connectivity index (χ0n) is 61.8. The van der Waals surface area contributed by atoms with Crippen LogP contribution in [0.3, 0.4) is 0 Å². The van der Waals surface area contributed by atoms with Crippen LogP contribution in [-0.4, -0.2) is 193 Å². The lowest BCUT2D eigenvalue weighted by Gasteiger charge is -2.63. The fraction of sp³-hybridized carbons (Fsp3) is 0.500. The molecule has 4 saturated heterocycles. The van der Waals surface area contributed by atoms with Gasteiger partial charge in [-0.25, -0.2) is 29.5 Å². The monoisotopic (exact) mass is 1440 g/mol. The number of aldehydes is 1. The van der Waals surface area contributed by atoms with Gasteiger partial charge in [0.1, 0.15) is 65.3 Å². The van der Waals surface area contributed by atoms with Crippen LogP contribution in [0.1, 0.15) is 134 Å². The number of carbonyl (C=O) groups is 5. The molecule has 554 valence electrons. The van der Waals surface area contributed by atoms with Crippen molar-refractivity contribution in [2.45, 2.75) is 105 Å². The van der Waals surface area contributed by atoms with Gasteiger partial charge in [0.25, 0.3) is 11.8 Å². The molecule has 6 aromatic rings. The largest absolute Gasteiger partial charge is 0.495 e. The Morgan fingerprint density at radius 2 is 0.913 bits per heavy atom. The summed E-state index contributed by atoms with van der Waals surface area (Å²) in [6, 6.07) is 30.2. The second kappa shape index (κ2) is 34.2. The molecule has 25 nitrogen and oxygen atoms in total. The fourth-order valence-corrected chi connectivity index (χ4v) is 16.1. The van der Waals surface area contributed by atoms with Crippen molar-refractivity contribution in [3.05, 3.63) is 143 Å². The van der Waals surface area contributed by atoms with Crippen molar-refractivity contribution in [2.75, 3.05) is 133 Å². The smallest absolute Gasteiger partial charge is 0.358 e. The Labute approximate surface area is 616 Å². The number of hydrogen-bond acceptors (Lipinski definition) is 23. The molecular weight excluding hydrogens is 1340 g/mol. The second-order valence-corrected chi connectivity index (χ2v) is 29.6. The SMILES string of the molecule is COC(=O)c1cnc(N2CCN(CC3CCN(c4ccc(C(=O)NC5C(C)(C)C(Oc6ccc(C#N)c(OC)c6)C5(C)C)cc4)CC3)CC2)cn1.COC(=O)c1cnc(N2CCNCC2)cn1.COc1cc(OC2C(C)(C)C(NC(=O)c3ccc(N4CCC(C=O)CC4)cc3)C2(C)C)ccc1C#N.Cl. The molecule has 0 unspecified atom stereocenters. The van der Waals surface area contributed by atoms with Gasteiger partial charge in [-0.1, -0.05) is 55.4 Å². The first-order valence-corrected chi connectivity index (χ1v) is 35.4. The fourth-order valence-electron chi connectivity index (χ4n) is 16.1. The summed E-state index contributed by atoms with van der Waals surface area (Å²) in [4.78, 5) is 88.9. The molecule has 3 N–H and O–H groups in total. The predicted molar refractivity (Wildman–Crippen MR) is 398 cm³/mol. The summed E-state index contributed by atoms with van der Waals surface area (Å²) in [7, 11) is 5.74. The van der Waals surface area contributed by atoms with E-state index in [0.717, 1.165) is 140 Å². The summed E-state index contributed by atoms with van der Waals surface area (Å²) < 4.78 is 32.8. The molecule has 4 aliphatic heterocycles. The van der Waals surface area contributed by atoms with E-state index >= 15 is 0 Å². The zero-order valence-corrected chi connectivity index (χ0v) is 62.6. The van der Waals surface area contributed by atoms with Crippen LogP contribution in [0.25, 0.3) is 0 Å². The van der Waals surface area contributed by atoms with Crippen molar-refractivity contribution in [1.82, 2.24) is 40.8 Å². The Morgan fingerprint density at radius 1 is 0.519 bits per heavy atom. The number of hydrogen-bond donors (Lipinski definition) is 3. The highest BCUT2D eigenvalue weighted by Gasteiger charge is 2.65. The number of nitrogens with zero attached hydrogens (tertiary/aromatic N) is 11. The van der Waals surface area contributed by atoms with Gasteiger partial charge in [0.15, 0.2) is 11.4 Å². The normalized spacial score (nSPS) is 20.9. The number of piperazine rings is 2. The number of benzene rings is 4. The molecule has 6 fully saturated rings. The van der Waals surface area contributed by atoms with E-state index in [1.165, 1.54) is 33.7 Å². The molecule has 2 aromatic heterocycles. The van der Waals surface area contributed by atoms with Crippen molar-refractivity contribution in [3.8, 4) is 35.1 Å². The van der Waals surface area contributed by atoms with Crippen molar-refractivity contribution in [2.24, 2.45) is 33.5 Å². The maximum atomic E-state index is 13.5. The minimum atomic E-state index is -0.479. The van der Waals surface area contributed by atoms with Crippen molar-refractivity contribution >= 4 is 65.5 Å². The zero-order chi connectivity index (χ0) is 73.8. The predicted octanol–water partition coefficient (Wildman–Crippen LogP) is 9.48. The first-order chi connectivity index (χ1) is 49.4. The third-order valence-electron chi connectivity index (χ3n) is 21.4. The lowest BCUT2D eigenvalue weighted by Crippen LogP contribution is -2.74. The van der Waals surface area contributed by atoms with E-state index in [9.17, 15) is 34.5 Å². The molecular formula is C78H99ClN14O11. The van der Waals surface area contributed by atoms with Gasteiger partial charge in [-0.2, -0.15) is 10.5 Å². The molecule has 0 bridgehead atoms. The van der Waals surface area contributed by atoms with E-state index in [1.807, 2.05) is 36.4 Å². The molecule has 2 saturated carbocycles. The number of aromatic nitrogens is 4. The van der Waals surface area contributed by atoms with Gasteiger partial charge in [-0.15, -0.1) is 12.4 Å². The van der Waals surface area contributed by atoms with Gasteiger partial charge >= 0.3 is 11.9 Å². The lowest BCUT2D eigenvalue weighted by atomic mass is 9.49. The van der Waals surface area contributed by atoms with Crippen LogP contribution < -0.4 is 54.5 Å². The van der Waals surface area contributed by atoms with Gasteiger partial charge in [0, 0.05) is 159 Å². The Kier molecular flexibility index (Phi) is 25.7. The number of rotatable bonds is 19. The van der Waals surface area contributed by atoms with Crippen LogP contribution in [0, 0.1) is 56.2 Å². The number of amides is 2. The van der Waals surface area contributed by atoms with Gasteiger partial charge in [0.05, 0.1) is 64.4 Å². The van der Waals surface area contributed by atoms with Gasteiger partial charge in [-0.05, 0) is 104 Å². The van der Waals surface area contributed by atoms with Gasteiger partial charge in [-0.3, -0.25) is 14.5 Å². The third kappa shape index (κ3) is 17.7. The molecule has 26 heteroatoms. The second-order valence-electron chi connectivity index (χ2n) is 29.6. The Balaban J connectivity index is 0.000000204. The van der Waals surface area contributed by atoms with E-state index < -0.39 is 11.9 Å². The van der Waals surface area contributed by atoms with E-state index in [4.69, 9.17) is 23.7 Å². The molecule has 12 rings (SSSR count). The number of ether oxygens (including phenoxy) is 6. The molecule has 0 spiro atoms. The molecule has 0 radical (unpaired) electrons. The summed E-state index contributed by atoms with van der Waals surface area (Å²) in [5, 5.41) is 28.4. The third-order valence-corrected chi connectivity index (χ3v) is 21.4. The van der Waals surface area contributed by atoms with Gasteiger partial charge in [0.2, 0.25) is 0 Å². The maximum Gasteiger partial charge on any atom is 0.358 e. The summed E-state index contributed by atoms with van der Waals surface area (Å²) in [5.41, 5.74) is 3.57. The number of esters is 2. The standard InChI is InChI=1S/C39H49N7O5.C29H35N3O4.C10H14N4O2.ClH/c1-38(2)36(39(3,4)37(38)51-30-12-9-28(22-40)32(21-30)49-5)43-34(47)27-7-10-29(11-8-27)45-15-13-26(14-16-45)25-44-17-19-46(20-18-44)33-24-41-31(23-42-33)35(48)50-6;1-28(2)26(29(3,4)27(28)36-23-11-8-21(17-30)24(16-23)35-5)31-25(34)20-6-9-22(10-7-20)32-14-12-19(18-33)13-15-32;1-16-10(15)8-6-13-9(7-12-8)14-4-2-11-3-5-14;/h7-12,21,23-24,26,36-37H,13-20,25H2,1-6H3,(H,43,47);6-11,16,18-19,26-27H,12-15H2,1-5H3,(H,31,34);6-7,11H,2-5H2,1H3;1H. The molecule has 0 atom stereocenters. The Bertz CT molecular complexity index is 3970. The summed E-state index contributed by atoms with van der Waals surface area (Å²) in [6.45, 7) is 29.1. The number of piperidine rings is 2. The van der Waals surface area contributed by atoms with Crippen LogP contribution in [-0.2, 0) is 14.3 Å². The molecule has 2 aliphatic carbocycles. The average Bonchev–Trinajstić information content (AvgIpc) is 0.714. The molecule has 6 aliphatic rings. The van der Waals surface area contributed by atoms with Crippen molar-refractivity contribution in [1.29, 1.82) is 10.5 Å². The Hall–Kier alpha value is -9.82. The van der Waals surface area contributed by atoms with Crippen molar-refractivity contribution < 1.29 is 52.4 Å². The van der Waals surface area contributed by atoms with Crippen LogP contribution >= 0.6 is 12.4 Å². The van der Waals surface area contributed by atoms with Crippen LogP contribution in [0.2, 0.25) is 0 Å². The summed E-state index contributed by atoms with van der Waals surface area (Å²) in [5.74, 6) is 3.50. The number of carbonyl (C=O) groups excluding carboxylic acids is 5. The van der Waals surface area contributed by atoms with E-state index in [0.29, 0.717) is 51.2 Å². The number of anilines is 4. The number of nitriles is 2. The molecule has 4 aromatic carbocycles. The quantitative estimate of drug-likeness (QED) is 0.0502. The first kappa shape index (κ1) is 78.3. The highest BCUT2D eigenvalue weighted by atomic mass is 35.5. The topological polar surface area (TPSA) is 292 Å². The minimum Gasteiger partial charge on any atom is -0.495 e. The van der Waals surface area contributed by atoms with Crippen LogP contribution in [0.5, 0.6) is 23.0 Å². The molecule has 6 heterocycles. The maximum absolute atomic E-state index is 13.5. The lowest BCUT2D eigenvalue weighted by molar-refractivity contribution is -0.164. The summed E-state index contributed by atoms with van der Waals surface area (Å²) in [6.07, 6.45) is 10.9. The number of methoxy groups -OCH3 is 4. The molecule has 2 amide bonds. The van der Waals surface area contributed by atoms with E-state index in [-0.39, 0.29) is 87.5 Å². The van der Waals surface area contributed by atoms with E-state index in [1.54, 1.807) is 55.9 Å². The summed E-state index contributed by atoms with van der Waals surface area (Å²) >= 11 is 0. The highest BCUT2D eigenvalue weighted by Crippen LogP contribution is 2.57. The minimum absolute atomic E-state index is 0. The number of halogens is 1.